The Labute approximate surface area is 223 Å². The zero-order chi connectivity index (χ0) is 28.9. The summed E-state index contributed by atoms with van der Waals surface area (Å²) < 4.78 is 84.8. The van der Waals surface area contributed by atoms with Crippen LogP contribution in [0.15, 0.2) is 35.3 Å². The zero-order valence-electron chi connectivity index (χ0n) is 21.0. The molecule has 2 aromatic heterocycles. The molecule has 40 heavy (non-hydrogen) atoms. The first kappa shape index (κ1) is 27.5. The summed E-state index contributed by atoms with van der Waals surface area (Å²) in [5, 5.41) is 4.25. The van der Waals surface area contributed by atoms with E-state index in [1.807, 2.05) is 12.2 Å². The topological polar surface area (TPSA) is 96.3 Å². The molecule has 8 nitrogen and oxygen atoms in total. The van der Waals surface area contributed by atoms with Crippen molar-refractivity contribution < 1.29 is 35.9 Å². The van der Waals surface area contributed by atoms with Crippen LogP contribution in [0.1, 0.15) is 43.0 Å². The van der Waals surface area contributed by atoms with Crippen molar-refractivity contribution in [1.29, 1.82) is 0 Å². The zero-order valence-corrected chi connectivity index (χ0v) is 21.0. The van der Waals surface area contributed by atoms with Crippen molar-refractivity contribution in [3.63, 3.8) is 0 Å². The molecule has 0 spiro atoms. The van der Waals surface area contributed by atoms with Crippen molar-refractivity contribution in [2.75, 3.05) is 11.4 Å². The summed E-state index contributed by atoms with van der Waals surface area (Å²) >= 11 is 0. The Morgan fingerprint density at radius 3 is 2.38 bits per heavy atom. The van der Waals surface area contributed by atoms with Crippen molar-refractivity contribution in [2.45, 2.75) is 50.9 Å². The van der Waals surface area contributed by atoms with Gasteiger partial charge in [0, 0.05) is 30.9 Å². The van der Waals surface area contributed by atoms with Gasteiger partial charge in [0.15, 0.2) is 17.3 Å². The minimum Gasteiger partial charge on any atom is -0.340 e. The lowest BCUT2D eigenvalue weighted by molar-refractivity contribution is -0.158. The van der Waals surface area contributed by atoms with Gasteiger partial charge in [-0.25, -0.2) is 22.9 Å². The molecular formula is C26H23F6N5O3. The van der Waals surface area contributed by atoms with E-state index in [9.17, 15) is 40.7 Å². The second kappa shape index (κ2) is 10.1. The van der Waals surface area contributed by atoms with Crippen LogP contribution in [0.5, 0.6) is 0 Å². The van der Waals surface area contributed by atoms with Crippen molar-refractivity contribution in [2.24, 2.45) is 5.92 Å². The van der Waals surface area contributed by atoms with Gasteiger partial charge >= 0.3 is 12.2 Å². The third-order valence-corrected chi connectivity index (χ3v) is 7.08. The minimum absolute atomic E-state index is 0.0127. The number of hydrogen-bond acceptors (Lipinski definition) is 4. The monoisotopic (exact) mass is 567 g/mol. The van der Waals surface area contributed by atoms with E-state index in [1.54, 1.807) is 0 Å². The predicted octanol–water partition coefficient (Wildman–Crippen LogP) is 4.57. The minimum atomic E-state index is -4.79. The number of urea groups is 1. The predicted molar refractivity (Wildman–Crippen MR) is 132 cm³/mol. The van der Waals surface area contributed by atoms with Crippen LogP contribution in [-0.2, 0) is 0 Å². The average Bonchev–Trinajstić information content (AvgIpc) is 3.72. The number of carbonyl (C=O) groups excluding carboxylic acids is 2. The Hall–Kier alpha value is -4.10. The van der Waals surface area contributed by atoms with Gasteiger partial charge in [-0.2, -0.15) is 13.2 Å². The molecule has 0 radical (unpaired) electrons. The van der Waals surface area contributed by atoms with Gasteiger partial charge in [-0.3, -0.25) is 19.1 Å². The Morgan fingerprint density at radius 1 is 1.12 bits per heavy atom. The van der Waals surface area contributed by atoms with Crippen molar-refractivity contribution >= 4 is 28.8 Å². The summed E-state index contributed by atoms with van der Waals surface area (Å²) in [5.74, 6) is -6.33. The van der Waals surface area contributed by atoms with Gasteiger partial charge in [-0.05, 0) is 43.7 Å². The van der Waals surface area contributed by atoms with Crippen LogP contribution in [0.4, 0.5) is 37.0 Å². The number of carbonyl (C=O) groups is 2. The number of halogens is 6. The van der Waals surface area contributed by atoms with E-state index in [1.165, 1.54) is 11.0 Å². The molecule has 1 saturated carbocycles. The summed E-state index contributed by atoms with van der Waals surface area (Å²) in [6.07, 6.45) is -2.41. The lowest BCUT2D eigenvalue weighted by Gasteiger charge is -2.32. The van der Waals surface area contributed by atoms with Gasteiger partial charge in [0.2, 0.25) is 5.43 Å². The number of alkyl halides is 3. The second-order valence-electron chi connectivity index (χ2n) is 9.83. The highest BCUT2D eigenvalue weighted by atomic mass is 19.4. The van der Waals surface area contributed by atoms with Crippen LogP contribution in [0.2, 0.25) is 0 Å². The number of rotatable bonds is 6. The van der Waals surface area contributed by atoms with Crippen molar-refractivity contribution in [1.82, 2.24) is 20.2 Å². The van der Waals surface area contributed by atoms with Crippen molar-refractivity contribution in [3.8, 4) is 5.69 Å². The number of hydrogen-bond donors (Lipinski definition) is 2. The first-order chi connectivity index (χ1) is 18.9. The van der Waals surface area contributed by atoms with Gasteiger partial charge in [0.05, 0.1) is 5.39 Å². The molecule has 14 heteroatoms. The van der Waals surface area contributed by atoms with Crippen LogP contribution in [0.3, 0.4) is 0 Å². The van der Waals surface area contributed by atoms with E-state index >= 15 is 0 Å². The SMILES string of the molecule is CCC1CCN(c2ccc3c(=O)c(C(=O)N[C@@H](C4CC4)C(F)(F)F)cn(-c4c(F)cc(F)cc4F)c3n2)C(=O)N1. The molecule has 5 rings (SSSR count). The third-order valence-electron chi connectivity index (χ3n) is 7.08. The standard InChI is InChI=1S/C26H23F6N5O3/c1-2-14-7-8-36(25(40)33-14)19-6-5-15-21(38)16(24(39)35-22(12-3-4-12)26(30,31)32)11-37(23(15)34-19)20-17(28)9-13(27)10-18(20)29/h5-6,9-12,14,22H,2-4,7-8H2,1H3,(H,33,40)(H,35,39)/t14?,22-/m0/s1. The van der Waals surface area contributed by atoms with Crippen LogP contribution < -0.4 is 21.0 Å². The molecule has 3 amide bonds. The highest BCUT2D eigenvalue weighted by molar-refractivity contribution is 5.98. The highest BCUT2D eigenvalue weighted by Gasteiger charge is 2.50. The molecule has 2 aliphatic rings. The molecule has 3 heterocycles. The summed E-state index contributed by atoms with van der Waals surface area (Å²) in [6, 6.07) is 0.390. The maximum Gasteiger partial charge on any atom is 0.408 e. The second-order valence-corrected chi connectivity index (χ2v) is 9.83. The van der Waals surface area contributed by atoms with Crippen LogP contribution >= 0.6 is 0 Å². The third kappa shape index (κ3) is 5.09. The maximum atomic E-state index is 14.9. The summed E-state index contributed by atoms with van der Waals surface area (Å²) in [7, 11) is 0. The van der Waals surface area contributed by atoms with Gasteiger partial charge < -0.3 is 10.6 Å². The summed E-state index contributed by atoms with van der Waals surface area (Å²) in [6.45, 7) is 2.14. The number of aromatic nitrogens is 2. The first-order valence-corrected chi connectivity index (χ1v) is 12.6. The van der Waals surface area contributed by atoms with E-state index < -0.39 is 69.9 Å². The number of benzene rings is 1. The molecule has 1 unspecified atom stereocenters. The fourth-order valence-electron chi connectivity index (χ4n) is 4.79. The molecule has 212 valence electrons. The maximum absolute atomic E-state index is 14.9. The van der Waals surface area contributed by atoms with Gasteiger partial charge in [-0.15, -0.1) is 0 Å². The normalized spacial score (nSPS) is 18.5. The fourth-order valence-corrected chi connectivity index (χ4v) is 4.79. The average molecular weight is 567 g/mol. The Balaban J connectivity index is 1.67. The lowest BCUT2D eigenvalue weighted by atomic mass is 10.1. The Kier molecular flexibility index (Phi) is 6.96. The number of pyridine rings is 2. The van der Waals surface area contributed by atoms with Gasteiger partial charge in [0.25, 0.3) is 5.91 Å². The van der Waals surface area contributed by atoms with E-state index in [0.29, 0.717) is 35.7 Å². The van der Waals surface area contributed by atoms with Gasteiger partial charge in [-0.1, -0.05) is 6.92 Å². The number of nitrogens with zero attached hydrogens (tertiary/aromatic N) is 3. The summed E-state index contributed by atoms with van der Waals surface area (Å²) in [4.78, 5) is 44.4. The number of nitrogens with one attached hydrogen (secondary N) is 2. The number of fused-ring (bicyclic) bond motifs is 1. The number of anilines is 1. The molecule has 2 N–H and O–H groups in total. The lowest BCUT2D eigenvalue weighted by Crippen LogP contribution is -2.52. The molecule has 3 aromatic rings. The van der Waals surface area contributed by atoms with Crippen LogP contribution in [0.25, 0.3) is 16.7 Å². The Bertz CT molecular complexity index is 1550. The molecule has 1 aliphatic carbocycles. The Morgan fingerprint density at radius 2 is 1.80 bits per heavy atom. The molecule has 1 aromatic carbocycles. The fraction of sp³-hybridized carbons (Fsp3) is 0.385. The van der Waals surface area contributed by atoms with E-state index in [2.05, 4.69) is 10.3 Å². The van der Waals surface area contributed by atoms with E-state index in [4.69, 9.17) is 0 Å². The smallest absolute Gasteiger partial charge is 0.340 e. The number of amides is 3. The van der Waals surface area contributed by atoms with E-state index in [0.717, 1.165) is 6.07 Å². The molecule has 1 aliphatic heterocycles. The van der Waals surface area contributed by atoms with Gasteiger partial charge in [0.1, 0.15) is 28.9 Å². The molecular weight excluding hydrogens is 544 g/mol. The van der Waals surface area contributed by atoms with Crippen molar-refractivity contribution in [3.05, 3.63) is 63.7 Å². The highest BCUT2D eigenvalue weighted by Crippen LogP contribution is 2.40. The van der Waals surface area contributed by atoms with E-state index in [-0.39, 0.29) is 36.6 Å². The molecule has 2 fully saturated rings. The molecule has 0 bridgehead atoms. The largest absolute Gasteiger partial charge is 0.408 e. The van der Waals surface area contributed by atoms with Crippen LogP contribution in [-0.4, -0.2) is 46.3 Å². The van der Waals surface area contributed by atoms with Crippen LogP contribution in [0, 0.1) is 23.4 Å². The molecule has 2 atom stereocenters. The quantitative estimate of drug-likeness (QED) is 0.427. The molecule has 1 saturated heterocycles. The first-order valence-electron chi connectivity index (χ1n) is 12.6. The summed E-state index contributed by atoms with van der Waals surface area (Å²) in [5.41, 5.74) is -3.20.